The van der Waals surface area contributed by atoms with Crippen LogP contribution in [0.5, 0.6) is 0 Å². The molecule has 1 aliphatic heterocycles. The smallest absolute Gasteiger partial charge is 0.146 e. The van der Waals surface area contributed by atoms with Gasteiger partial charge in [0, 0.05) is 11.6 Å². The molecule has 0 amide bonds. The Bertz CT molecular complexity index is 359. The predicted molar refractivity (Wildman–Crippen MR) is 60.8 cm³/mol. The van der Waals surface area contributed by atoms with E-state index in [9.17, 15) is 4.39 Å². The third-order valence-corrected chi connectivity index (χ3v) is 3.24. The van der Waals surface area contributed by atoms with Crippen LogP contribution in [0.25, 0.3) is 0 Å². The molecule has 0 spiro atoms. The summed E-state index contributed by atoms with van der Waals surface area (Å²) in [4.78, 5) is 0. The zero-order valence-electron chi connectivity index (χ0n) is 8.82. The normalized spacial score (nSPS) is 20.9. The minimum Gasteiger partial charge on any atom is -0.310 e. The van der Waals surface area contributed by atoms with E-state index in [0.29, 0.717) is 0 Å². The molecular weight excluding hydrogens is 213 g/mol. The van der Waals surface area contributed by atoms with Crippen LogP contribution in [0, 0.1) is 5.82 Å². The number of benzene rings is 1. The second-order valence-corrected chi connectivity index (χ2v) is 4.39. The summed E-state index contributed by atoms with van der Waals surface area (Å²) in [5.74, 6) is -0.256. The lowest BCUT2D eigenvalue weighted by molar-refractivity contribution is 0.558. The fourth-order valence-electron chi connectivity index (χ4n) is 2.08. The molecule has 1 fully saturated rings. The van der Waals surface area contributed by atoms with Gasteiger partial charge in [0.15, 0.2) is 0 Å². The Hall–Kier alpha value is -0.600. The Morgan fingerprint density at radius 2 is 2.33 bits per heavy atom. The van der Waals surface area contributed by atoms with E-state index >= 15 is 0 Å². The molecule has 0 aromatic heterocycles. The van der Waals surface area contributed by atoms with Crippen molar-refractivity contribution in [2.75, 3.05) is 6.54 Å². The molecule has 82 valence electrons. The van der Waals surface area contributed by atoms with Crippen LogP contribution in [0.1, 0.15) is 36.9 Å². The quantitative estimate of drug-likeness (QED) is 0.816. The van der Waals surface area contributed by atoms with E-state index in [1.807, 2.05) is 6.07 Å². The van der Waals surface area contributed by atoms with Crippen LogP contribution in [0.15, 0.2) is 12.1 Å². The van der Waals surface area contributed by atoms with Gasteiger partial charge in [-0.15, -0.1) is 0 Å². The van der Waals surface area contributed by atoms with E-state index in [4.69, 9.17) is 11.6 Å². The van der Waals surface area contributed by atoms with Crippen LogP contribution in [0.4, 0.5) is 4.39 Å². The van der Waals surface area contributed by atoms with Gasteiger partial charge in [-0.25, -0.2) is 4.39 Å². The molecule has 1 aliphatic rings. The van der Waals surface area contributed by atoms with Gasteiger partial charge in [-0.3, -0.25) is 0 Å². The van der Waals surface area contributed by atoms with E-state index in [-0.39, 0.29) is 16.9 Å². The van der Waals surface area contributed by atoms with Crippen molar-refractivity contribution in [3.63, 3.8) is 0 Å². The Kier molecular flexibility index (Phi) is 3.27. The molecule has 2 rings (SSSR count). The predicted octanol–water partition coefficient (Wildman–Crippen LogP) is 3.47. The zero-order valence-corrected chi connectivity index (χ0v) is 9.57. The van der Waals surface area contributed by atoms with Gasteiger partial charge in [-0.2, -0.15) is 0 Å². The highest BCUT2D eigenvalue weighted by Crippen LogP contribution is 2.30. The molecule has 1 saturated heterocycles. The first-order valence-electron chi connectivity index (χ1n) is 5.43. The van der Waals surface area contributed by atoms with Crippen LogP contribution in [-0.4, -0.2) is 6.54 Å². The average Bonchev–Trinajstić information content (AvgIpc) is 2.75. The van der Waals surface area contributed by atoms with Crippen LogP contribution < -0.4 is 5.32 Å². The maximum atomic E-state index is 13.8. The molecule has 1 heterocycles. The second-order valence-electron chi connectivity index (χ2n) is 3.98. The molecule has 1 N–H and O–H groups in total. The van der Waals surface area contributed by atoms with Crippen LogP contribution in [0.2, 0.25) is 5.02 Å². The number of aryl methyl sites for hydroxylation is 1. The third-order valence-electron chi connectivity index (χ3n) is 2.96. The number of hydrogen-bond donors (Lipinski definition) is 1. The van der Waals surface area contributed by atoms with Crippen LogP contribution >= 0.6 is 11.6 Å². The Labute approximate surface area is 94.6 Å². The first kappa shape index (κ1) is 10.9. The molecular formula is C12H15ClFN. The number of halogens is 2. The molecule has 15 heavy (non-hydrogen) atoms. The van der Waals surface area contributed by atoms with E-state index in [1.165, 1.54) is 0 Å². The first-order valence-corrected chi connectivity index (χ1v) is 5.81. The monoisotopic (exact) mass is 227 g/mol. The Morgan fingerprint density at radius 3 is 2.93 bits per heavy atom. The lowest BCUT2D eigenvalue weighted by atomic mass is 10.0. The van der Waals surface area contributed by atoms with Gasteiger partial charge in [-0.05, 0) is 37.4 Å². The Balaban J connectivity index is 2.39. The maximum absolute atomic E-state index is 13.8. The minimum absolute atomic E-state index is 0.147. The van der Waals surface area contributed by atoms with Crippen molar-refractivity contribution in [2.45, 2.75) is 32.2 Å². The van der Waals surface area contributed by atoms with Gasteiger partial charge >= 0.3 is 0 Å². The first-order chi connectivity index (χ1) is 7.22. The highest BCUT2D eigenvalue weighted by Gasteiger charge is 2.21. The number of rotatable bonds is 2. The minimum atomic E-state index is -0.256. The molecule has 1 unspecified atom stereocenters. The third kappa shape index (κ3) is 2.16. The zero-order chi connectivity index (χ0) is 10.8. The molecule has 1 aromatic rings. The van der Waals surface area contributed by atoms with Gasteiger partial charge in [-0.1, -0.05) is 24.6 Å². The topological polar surface area (TPSA) is 12.0 Å². The average molecular weight is 228 g/mol. The number of nitrogens with one attached hydrogen (secondary N) is 1. The van der Waals surface area contributed by atoms with Crippen LogP contribution in [-0.2, 0) is 6.42 Å². The van der Waals surface area contributed by atoms with E-state index in [0.717, 1.165) is 36.9 Å². The molecule has 1 atom stereocenters. The standard InChI is InChI=1S/C12H15ClFN/c1-2-8-6-9(11-4-3-5-15-11)12(14)10(13)7-8/h6-7,11,15H,2-5H2,1H3. The highest BCUT2D eigenvalue weighted by atomic mass is 35.5. The summed E-state index contributed by atoms with van der Waals surface area (Å²) in [7, 11) is 0. The van der Waals surface area contributed by atoms with Gasteiger partial charge in [0.25, 0.3) is 0 Å². The van der Waals surface area contributed by atoms with Gasteiger partial charge in [0.2, 0.25) is 0 Å². The lowest BCUT2D eigenvalue weighted by Crippen LogP contribution is -2.14. The summed E-state index contributed by atoms with van der Waals surface area (Å²) < 4.78 is 13.8. The Morgan fingerprint density at radius 1 is 1.53 bits per heavy atom. The molecule has 0 aliphatic carbocycles. The summed E-state index contributed by atoms with van der Waals surface area (Å²) >= 11 is 5.87. The fourth-order valence-corrected chi connectivity index (χ4v) is 2.33. The van der Waals surface area contributed by atoms with Crippen molar-refractivity contribution in [2.24, 2.45) is 0 Å². The summed E-state index contributed by atoms with van der Waals surface area (Å²) in [6.07, 6.45) is 3.00. The molecule has 1 nitrogen and oxygen atoms in total. The van der Waals surface area contributed by atoms with Crippen molar-refractivity contribution in [1.29, 1.82) is 0 Å². The van der Waals surface area contributed by atoms with Crippen molar-refractivity contribution >= 4 is 11.6 Å². The van der Waals surface area contributed by atoms with Crippen LogP contribution in [0.3, 0.4) is 0 Å². The van der Waals surface area contributed by atoms with Crippen molar-refractivity contribution in [3.05, 3.63) is 34.1 Å². The summed E-state index contributed by atoms with van der Waals surface area (Å²) in [5, 5.41) is 3.54. The molecule has 1 aromatic carbocycles. The van der Waals surface area contributed by atoms with Gasteiger partial charge in [0.1, 0.15) is 5.82 Å². The van der Waals surface area contributed by atoms with Crippen molar-refractivity contribution in [1.82, 2.24) is 5.32 Å². The van der Waals surface area contributed by atoms with Crippen molar-refractivity contribution in [3.8, 4) is 0 Å². The van der Waals surface area contributed by atoms with E-state index < -0.39 is 0 Å². The molecule has 0 saturated carbocycles. The maximum Gasteiger partial charge on any atom is 0.146 e. The summed E-state index contributed by atoms with van der Waals surface area (Å²) in [5.41, 5.74) is 1.84. The van der Waals surface area contributed by atoms with Gasteiger partial charge in [0.05, 0.1) is 5.02 Å². The SMILES string of the molecule is CCc1cc(Cl)c(F)c(C2CCCN2)c1. The molecule has 0 bridgehead atoms. The second kappa shape index (κ2) is 4.50. The highest BCUT2D eigenvalue weighted by molar-refractivity contribution is 6.30. The lowest BCUT2D eigenvalue weighted by Gasteiger charge is -2.14. The van der Waals surface area contributed by atoms with Crippen molar-refractivity contribution < 1.29 is 4.39 Å². The fraction of sp³-hybridized carbons (Fsp3) is 0.500. The summed E-state index contributed by atoms with van der Waals surface area (Å²) in [6, 6.07) is 3.80. The summed E-state index contributed by atoms with van der Waals surface area (Å²) in [6.45, 7) is 3.02. The van der Waals surface area contributed by atoms with E-state index in [1.54, 1.807) is 6.07 Å². The molecule has 3 heteroatoms. The van der Waals surface area contributed by atoms with Gasteiger partial charge < -0.3 is 5.32 Å². The largest absolute Gasteiger partial charge is 0.310 e. The molecule has 0 radical (unpaired) electrons. The number of hydrogen-bond acceptors (Lipinski definition) is 1. The van der Waals surface area contributed by atoms with E-state index in [2.05, 4.69) is 12.2 Å².